The number of amides is 1. The summed E-state index contributed by atoms with van der Waals surface area (Å²) in [4.78, 5) is 26.0. The van der Waals surface area contributed by atoms with Gasteiger partial charge >= 0.3 is 5.97 Å². The number of benzene rings is 2. The topological polar surface area (TPSA) is 82.4 Å². The van der Waals surface area contributed by atoms with Crippen molar-refractivity contribution in [1.29, 1.82) is 5.26 Å². The van der Waals surface area contributed by atoms with Crippen molar-refractivity contribution in [3.05, 3.63) is 70.8 Å². The fourth-order valence-corrected chi connectivity index (χ4v) is 2.59. The first-order valence-corrected chi connectivity index (χ1v) is 9.02. The van der Waals surface area contributed by atoms with Gasteiger partial charge in [-0.3, -0.25) is 4.79 Å². The Morgan fingerprint density at radius 3 is 2.43 bits per heavy atom. The van der Waals surface area contributed by atoms with Crippen LogP contribution >= 0.6 is 0 Å². The monoisotopic (exact) mass is 413 g/mol. The van der Waals surface area contributed by atoms with Gasteiger partial charge in [-0.1, -0.05) is 18.2 Å². The third-order valence-electron chi connectivity index (χ3n) is 4.20. The van der Waals surface area contributed by atoms with E-state index in [1.165, 1.54) is 19.1 Å². The number of carbonyl (C=O) groups is 2. The summed E-state index contributed by atoms with van der Waals surface area (Å²) < 4.78 is 31.6. The van der Waals surface area contributed by atoms with E-state index in [0.29, 0.717) is 11.6 Å². The van der Waals surface area contributed by atoms with Gasteiger partial charge in [0.05, 0.1) is 6.04 Å². The minimum atomic E-state index is -0.954. The number of nitrogens with zero attached hydrogens (tertiary/aromatic N) is 2. The molecule has 0 aliphatic carbocycles. The lowest BCUT2D eigenvalue weighted by Crippen LogP contribution is -2.31. The molecule has 0 bridgehead atoms. The third kappa shape index (κ3) is 6.14. The predicted molar refractivity (Wildman–Crippen MR) is 108 cm³/mol. The Kier molecular flexibility index (Phi) is 7.64. The SMILES string of the molecule is CC(NC(=O)COC(=O)/C(C#N)=C/c1ccc(N(C)C)cc1)c1ccc(F)cc1F. The number of rotatable bonds is 7. The number of nitrogens with one attached hydrogen (secondary N) is 1. The molecular formula is C22H21F2N3O3. The van der Waals surface area contributed by atoms with E-state index >= 15 is 0 Å². The normalized spacial score (nSPS) is 11.9. The zero-order valence-electron chi connectivity index (χ0n) is 16.8. The van der Waals surface area contributed by atoms with Crippen LogP contribution in [0.2, 0.25) is 0 Å². The second kappa shape index (κ2) is 10.2. The van der Waals surface area contributed by atoms with Crippen molar-refractivity contribution in [2.45, 2.75) is 13.0 Å². The molecule has 2 aromatic carbocycles. The van der Waals surface area contributed by atoms with Gasteiger partial charge in [0.1, 0.15) is 23.3 Å². The van der Waals surface area contributed by atoms with Gasteiger partial charge in [-0.05, 0) is 36.8 Å². The molecule has 0 saturated carbocycles. The maximum absolute atomic E-state index is 13.8. The summed E-state index contributed by atoms with van der Waals surface area (Å²) in [6.45, 7) is 0.860. The summed E-state index contributed by atoms with van der Waals surface area (Å²) in [5.74, 6) is -3.16. The fraction of sp³-hybridized carbons (Fsp3) is 0.227. The molecule has 156 valence electrons. The fourth-order valence-electron chi connectivity index (χ4n) is 2.59. The summed E-state index contributed by atoms with van der Waals surface area (Å²) in [7, 11) is 3.78. The molecule has 1 atom stereocenters. The summed E-state index contributed by atoms with van der Waals surface area (Å²) in [5, 5.41) is 11.7. The minimum Gasteiger partial charge on any atom is -0.451 e. The van der Waals surface area contributed by atoms with Crippen molar-refractivity contribution in [3.63, 3.8) is 0 Å². The first-order chi connectivity index (χ1) is 14.2. The van der Waals surface area contributed by atoms with Gasteiger partial charge < -0.3 is 15.0 Å². The van der Waals surface area contributed by atoms with Gasteiger partial charge in [0.25, 0.3) is 5.91 Å². The third-order valence-corrected chi connectivity index (χ3v) is 4.20. The Balaban J connectivity index is 1.95. The summed E-state index contributed by atoms with van der Waals surface area (Å²) in [6.07, 6.45) is 1.36. The van der Waals surface area contributed by atoms with Crippen LogP contribution in [-0.4, -0.2) is 32.6 Å². The highest BCUT2D eigenvalue weighted by molar-refractivity contribution is 5.98. The Morgan fingerprint density at radius 1 is 1.20 bits per heavy atom. The highest BCUT2D eigenvalue weighted by Gasteiger charge is 2.17. The van der Waals surface area contributed by atoms with Gasteiger partial charge in [0.2, 0.25) is 0 Å². The first-order valence-electron chi connectivity index (χ1n) is 9.02. The van der Waals surface area contributed by atoms with E-state index in [4.69, 9.17) is 4.74 Å². The molecule has 0 heterocycles. The van der Waals surface area contributed by atoms with Crippen LogP contribution in [0.3, 0.4) is 0 Å². The van der Waals surface area contributed by atoms with E-state index in [1.54, 1.807) is 18.2 Å². The summed E-state index contributed by atoms with van der Waals surface area (Å²) in [5.41, 5.74) is 1.41. The summed E-state index contributed by atoms with van der Waals surface area (Å²) >= 11 is 0. The van der Waals surface area contributed by atoms with Crippen LogP contribution in [0.25, 0.3) is 6.08 Å². The lowest BCUT2D eigenvalue weighted by Gasteiger charge is -2.15. The Morgan fingerprint density at radius 2 is 1.87 bits per heavy atom. The molecule has 0 aliphatic rings. The van der Waals surface area contributed by atoms with E-state index < -0.39 is 36.2 Å². The van der Waals surface area contributed by atoms with Crippen LogP contribution in [0, 0.1) is 23.0 Å². The van der Waals surface area contributed by atoms with Crippen molar-refractivity contribution >= 4 is 23.6 Å². The average Bonchev–Trinajstić information content (AvgIpc) is 2.70. The number of esters is 1. The molecule has 2 rings (SSSR count). The van der Waals surface area contributed by atoms with Gasteiger partial charge in [-0.2, -0.15) is 5.26 Å². The molecule has 1 amide bonds. The largest absolute Gasteiger partial charge is 0.451 e. The number of halogens is 2. The Hall–Kier alpha value is -3.73. The lowest BCUT2D eigenvalue weighted by atomic mass is 10.1. The second-order valence-corrected chi connectivity index (χ2v) is 6.69. The number of ether oxygens (including phenoxy) is 1. The van der Waals surface area contributed by atoms with Crippen LogP contribution in [0.1, 0.15) is 24.1 Å². The molecule has 0 radical (unpaired) electrons. The van der Waals surface area contributed by atoms with Crippen LogP contribution in [0.4, 0.5) is 14.5 Å². The van der Waals surface area contributed by atoms with Crippen LogP contribution in [0.15, 0.2) is 48.0 Å². The zero-order valence-corrected chi connectivity index (χ0v) is 16.8. The molecule has 2 aromatic rings. The van der Waals surface area contributed by atoms with E-state index in [-0.39, 0.29) is 11.1 Å². The van der Waals surface area contributed by atoms with Crippen molar-refractivity contribution in [1.82, 2.24) is 5.32 Å². The van der Waals surface area contributed by atoms with Crippen molar-refractivity contribution in [2.24, 2.45) is 0 Å². The van der Waals surface area contributed by atoms with Crippen molar-refractivity contribution < 1.29 is 23.1 Å². The maximum Gasteiger partial charge on any atom is 0.349 e. The van der Waals surface area contributed by atoms with E-state index in [9.17, 15) is 23.6 Å². The molecule has 8 heteroatoms. The maximum atomic E-state index is 13.8. The average molecular weight is 413 g/mol. The number of nitriles is 1. The molecule has 1 N–H and O–H groups in total. The van der Waals surface area contributed by atoms with Gasteiger partial charge in [0, 0.05) is 31.4 Å². The molecule has 30 heavy (non-hydrogen) atoms. The van der Waals surface area contributed by atoms with Crippen molar-refractivity contribution in [3.8, 4) is 6.07 Å². The quantitative estimate of drug-likeness (QED) is 0.428. The molecule has 0 spiro atoms. The molecule has 1 unspecified atom stereocenters. The molecular weight excluding hydrogens is 392 g/mol. The van der Waals surface area contributed by atoms with E-state index in [0.717, 1.165) is 11.8 Å². The Labute approximate surface area is 173 Å². The number of anilines is 1. The first kappa shape index (κ1) is 22.6. The highest BCUT2D eigenvalue weighted by Crippen LogP contribution is 2.18. The second-order valence-electron chi connectivity index (χ2n) is 6.69. The van der Waals surface area contributed by atoms with Gasteiger partial charge in [0.15, 0.2) is 6.61 Å². The van der Waals surface area contributed by atoms with Gasteiger partial charge in [-0.15, -0.1) is 0 Å². The standard InChI is InChI=1S/C22H21F2N3O3/c1-14(19-9-6-17(23)11-20(19)24)26-21(28)13-30-22(29)16(12-25)10-15-4-7-18(8-5-15)27(2)3/h4-11,14H,13H2,1-3H3,(H,26,28)/b16-10+. The van der Waals surface area contributed by atoms with E-state index in [2.05, 4.69) is 5.32 Å². The lowest BCUT2D eigenvalue weighted by molar-refractivity contribution is -0.144. The minimum absolute atomic E-state index is 0.0925. The molecule has 0 fully saturated rings. The molecule has 6 nitrogen and oxygen atoms in total. The van der Waals surface area contributed by atoms with E-state index in [1.807, 2.05) is 31.1 Å². The van der Waals surface area contributed by atoms with Crippen LogP contribution in [-0.2, 0) is 14.3 Å². The molecule has 0 aliphatic heterocycles. The number of hydrogen-bond acceptors (Lipinski definition) is 5. The number of carbonyl (C=O) groups excluding carboxylic acids is 2. The van der Waals surface area contributed by atoms with Crippen LogP contribution in [0.5, 0.6) is 0 Å². The summed E-state index contributed by atoms with van der Waals surface area (Å²) in [6, 6.07) is 11.1. The van der Waals surface area contributed by atoms with Crippen molar-refractivity contribution in [2.75, 3.05) is 25.6 Å². The number of hydrogen-bond donors (Lipinski definition) is 1. The molecule has 0 saturated heterocycles. The molecule has 0 aromatic heterocycles. The predicted octanol–water partition coefficient (Wildman–Crippen LogP) is 3.36. The highest BCUT2D eigenvalue weighted by atomic mass is 19.1. The Bertz CT molecular complexity index is 996. The van der Waals surface area contributed by atoms with Crippen LogP contribution < -0.4 is 10.2 Å². The van der Waals surface area contributed by atoms with Gasteiger partial charge in [-0.25, -0.2) is 13.6 Å². The smallest absolute Gasteiger partial charge is 0.349 e. The zero-order chi connectivity index (χ0) is 22.3.